The van der Waals surface area contributed by atoms with Gasteiger partial charge in [0.05, 0.1) is 0 Å². The van der Waals surface area contributed by atoms with Crippen molar-refractivity contribution in [1.82, 2.24) is 0 Å². The summed E-state index contributed by atoms with van der Waals surface area (Å²) in [6.45, 7) is 11.7. The molecule has 0 heterocycles. The highest BCUT2D eigenvalue weighted by molar-refractivity contribution is 5.86. The first-order valence-corrected chi connectivity index (χ1v) is 5.09. The van der Waals surface area contributed by atoms with E-state index in [1.807, 2.05) is 12.3 Å². The largest absolute Gasteiger partial charge is 0.265 e. The van der Waals surface area contributed by atoms with E-state index in [1.54, 1.807) is 0 Å². The van der Waals surface area contributed by atoms with Crippen LogP contribution in [0.3, 0.4) is 0 Å². The molecule has 1 heteroatoms. The zero-order chi connectivity index (χ0) is 11.3. The molecule has 0 aliphatic carbocycles. The number of benzene rings is 1. The van der Waals surface area contributed by atoms with Gasteiger partial charge in [-0.25, -0.2) is 0 Å². The number of rotatable bonds is 4. The highest BCUT2D eigenvalue weighted by atomic mass is 14.7. The van der Waals surface area contributed by atoms with Crippen LogP contribution in [0.25, 0.3) is 6.08 Å². The van der Waals surface area contributed by atoms with Crippen molar-refractivity contribution in [3.8, 4) is 0 Å². The molecule has 15 heavy (non-hydrogen) atoms. The third-order valence-electron chi connectivity index (χ3n) is 2.32. The van der Waals surface area contributed by atoms with Gasteiger partial charge in [-0.1, -0.05) is 45.2 Å². The van der Waals surface area contributed by atoms with Crippen molar-refractivity contribution in [2.75, 3.05) is 0 Å². The van der Waals surface area contributed by atoms with Crippen LogP contribution in [0.1, 0.15) is 36.5 Å². The lowest BCUT2D eigenvalue weighted by Crippen LogP contribution is -1.93. The smallest absolute Gasteiger partial charge is 0.0346 e. The molecule has 0 atom stereocenters. The van der Waals surface area contributed by atoms with Gasteiger partial charge in [-0.3, -0.25) is 4.99 Å². The minimum absolute atomic E-state index is 0.528. The maximum Gasteiger partial charge on any atom is 0.0346 e. The molecule has 0 aliphatic heterocycles. The second kappa shape index (κ2) is 5.30. The Balaban J connectivity index is 3.18. The highest BCUT2D eigenvalue weighted by Crippen LogP contribution is 2.18. The molecule has 78 valence electrons. The molecule has 0 bridgehead atoms. The zero-order valence-electron chi connectivity index (χ0n) is 9.40. The molecule has 1 rings (SSSR count). The number of aliphatic imine (C=N–C) groups is 1. The third kappa shape index (κ3) is 2.91. The lowest BCUT2D eigenvalue weighted by atomic mass is 9.98. The predicted molar refractivity (Wildman–Crippen MR) is 68.4 cm³/mol. The van der Waals surface area contributed by atoms with Crippen molar-refractivity contribution in [2.24, 2.45) is 4.99 Å². The van der Waals surface area contributed by atoms with Gasteiger partial charge < -0.3 is 0 Å². The average molecular weight is 199 g/mol. The lowest BCUT2D eigenvalue weighted by Gasteiger charge is -2.08. The topological polar surface area (TPSA) is 12.4 Å². The standard InChI is InChI=1S/C14H17N/c1-5-12-7-8-13(11(3)4)9-14(12)10-15-6-2/h5-11H,1-2H2,3-4H3. The molecule has 0 aliphatic rings. The van der Waals surface area contributed by atoms with Crippen molar-refractivity contribution in [3.63, 3.8) is 0 Å². The summed E-state index contributed by atoms with van der Waals surface area (Å²) >= 11 is 0. The van der Waals surface area contributed by atoms with Crippen LogP contribution in [-0.4, -0.2) is 6.21 Å². The molecule has 1 nitrogen and oxygen atoms in total. The second-order valence-corrected chi connectivity index (χ2v) is 3.71. The summed E-state index contributed by atoms with van der Waals surface area (Å²) in [6, 6.07) is 6.36. The summed E-state index contributed by atoms with van der Waals surface area (Å²) in [5, 5.41) is 0. The van der Waals surface area contributed by atoms with Crippen molar-refractivity contribution >= 4 is 12.3 Å². The van der Waals surface area contributed by atoms with Gasteiger partial charge in [0.15, 0.2) is 0 Å². The second-order valence-electron chi connectivity index (χ2n) is 3.71. The Morgan fingerprint density at radius 1 is 1.20 bits per heavy atom. The summed E-state index contributed by atoms with van der Waals surface area (Å²) in [5.74, 6) is 0.528. The van der Waals surface area contributed by atoms with Crippen LogP contribution in [0.4, 0.5) is 0 Å². The van der Waals surface area contributed by atoms with Gasteiger partial charge in [0.25, 0.3) is 0 Å². The predicted octanol–water partition coefficient (Wildman–Crippen LogP) is 4.02. The van der Waals surface area contributed by atoms with Crippen LogP contribution in [-0.2, 0) is 0 Å². The lowest BCUT2D eigenvalue weighted by molar-refractivity contribution is 0.866. The van der Waals surface area contributed by atoms with Gasteiger partial charge in [-0.15, -0.1) is 0 Å². The number of nitrogens with zero attached hydrogens (tertiary/aromatic N) is 1. The fourth-order valence-electron chi connectivity index (χ4n) is 1.38. The molecule has 1 aromatic rings. The van der Waals surface area contributed by atoms with E-state index < -0.39 is 0 Å². The molecule has 0 aromatic heterocycles. The van der Waals surface area contributed by atoms with E-state index in [4.69, 9.17) is 0 Å². The summed E-state index contributed by atoms with van der Waals surface area (Å²) in [7, 11) is 0. The van der Waals surface area contributed by atoms with Crippen LogP contribution in [0.15, 0.2) is 42.5 Å². The molecule has 0 saturated heterocycles. The molecule has 0 radical (unpaired) electrons. The molecule has 0 amide bonds. The molecule has 1 aromatic carbocycles. The van der Waals surface area contributed by atoms with E-state index in [0.717, 1.165) is 11.1 Å². The van der Waals surface area contributed by atoms with E-state index in [2.05, 4.69) is 50.2 Å². The van der Waals surface area contributed by atoms with Gasteiger partial charge in [0.1, 0.15) is 0 Å². The van der Waals surface area contributed by atoms with Crippen LogP contribution in [0.5, 0.6) is 0 Å². The van der Waals surface area contributed by atoms with Crippen LogP contribution < -0.4 is 0 Å². The summed E-state index contributed by atoms with van der Waals surface area (Å²) in [6.07, 6.45) is 5.19. The normalized spacial score (nSPS) is 10.9. The Bertz CT molecular complexity index is 386. The van der Waals surface area contributed by atoms with E-state index >= 15 is 0 Å². The van der Waals surface area contributed by atoms with Gasteiger partial charge in [0.2, 0.25) is 0 Å². The fraction of sp³-hybridized carbons (Fsp3) is 0.214. The monoisotopic (exact) mass is 199 g/mol. The zero-order valence-corrected chi connectivity index (χ0v) is 9.40. The van der Waals surface area contributed by atoms with E-state index in [1.165, 1.54) is 11.8 Å². The van der Waals surface area contributed by atoms with Crippen LogP contribution >= 0.6 is 0 Å². The van der Waals surface area contributed by atoms with Crippen molar-refractivity contribution < 1.29 is 0 Å². The van der Waals surface area contributed by atoms with E-state index in [0.29, 0.717) is 5.92 Å². The molecule has 0 saturated carbocycles. The molecule has 0 fully saturated rings. The average Bonchev–Trinajstić information content (AvgIpc) is 2.25. The minimum atomic E-state index is 0.528. The number of hydrogen-bond donors (Lipinski definition) is 0. The first-order valence-electron chi connectivity index (χ1n) is 5.09. The SMILES string of the molecule is C=CN=Cc1cc(C(C)C)ccc1C=C. The Kier molecular flexibility index (Phi) is 4.04. The van der Waals surface area contributed by atoms with Crippen LogP contribution in [0.2, 0.25) is 0 Å². The highest BCUT2D eigenvalue weighted by Gasteiger charge is 2.02. The van der Waals surface area contributed by atoms with Gasteiger partial charge >= 0.3 is 0 Å². The first-order chi connectivity index (χ1) is 7.19. The Morgan fingerprint density at radius 2 is 1.93 bits per heavy atom. The first kappa shape index (κ1) is 11.4. The van der Waals surface area contributed by atoms with Crippen molar-refractivity contribution in [3.05, 3.63) is 54.2 Å². The van der Waals surface area contributed by atoms with Crippen molar-refractivity contribution in [2.45, 2.75) is 19.8 Å². The quantitative estimate of drug-likeness (QED) is 0.649. The molecular formula is C14H17N. The Hall–Kier alpha value is -1.63. The van der Waals surface area contributed by atoms with Gasteiger partial charge in [-0.05, 0) is 23.1 Å². The minimum Gasteiger partial charge on any atom is -0.265 e. The summed E-state index contributed by atoms with van der Waals surface area (Å²) < 4.78 is 0. The van der Waals surface area contributed by atoms with Gasteiger partial charge in [-0.2, -0.15) is 0 Å². The third-order valence-corrected chi connectivity index (χ3v) is 2.32. The van der Waals surface area contributed by atoms with Crippen LogP contribution in [0, 0.1) is 0 Å². The molecule has 0 spiro atoms. The van der Waals surface area contributed by atoms with E-state index in [-0.39, 0.29) is 0 Å². The molecule has 0 unspecified atom stereocenters. The molecular weight excluding hydrogens is 182 g/mol. The summed E-state index contributed by atoms with van der Waals surface area (Å²) in [4.78, 5) is 4.04. The number of hydrogen-bond acceptors (Lipinski definition) is 1. The van der Waals surface area contributed by atoms with E-state index in [9.17, 15) is 0 Å². The fourth-order valence-corrected chi connectivity index (χ4v) is 1.38. The maximum atomic E-state index is 4.04. The summed E-state index contributed by atoms with van der Waals surface area (Å²) in [5.41, 5.74) is 3.51. The Morgan fingerprint density at radius 3 is 2.47 bits per heavy atom. The van der Waals surface area contributed by atoms with Crippen molar-refractivity contribution in [1.29, 1.82) is 0 Å². The maximum absolute atomic E-state index is 4.04. The van der Waals surface area contributed by atoms with Gasteiger partial charge in [0, 0.05) is 18.0 Å². The Labute approximate surface area is 91.9 Å². The molecule has 0 N–H and O–H groups in total.